The van der Waals surface area contributed by atoms with Crippen LogP contribution in [0.4, 0.5) is 0 Å². The summed E-state index contributed by atoms with van der Waals surface area (Å²) in [6, 6.07) is 26.0. The summed E-state index contributed by atoms with van der Waals surface area (Å²) in [5.41, 5.74) is 6.93. The van der Waals surface area contributed by atoms with Gasteiger partial charge in [-0.25, -0.2) is 0 Å². The van der Waals surface area contributed by atoms with Crippen molar-refractivity contribution in [3.8, 4) is 58.4 Å². The largest absolute Gasteiger partial charge is 0.457 e. The predicted octanol–water partition coefficient (Wildman–Crippen LogP) is 7.66. The number of nitriles is 4. The van der Waals surface area contributed by atoms with Gasteiger partial charge in [-0.3, -0.25) is 0 Å². The lowest BCUT2D eigenvalue weighted by Gasteiger charge is -2.17. The molecule has 0 saturated carbocycles. The van der Waals surface area contributed by atoms with E-state index < -0.39 is 0 Å². The monoisotopic (exact) mass is 494 g/mol. The van der Waals surface area contributed by atoms with E-state index in [2.05, 4.69) is 0 Å². The Morgan fingerprint density at radius 1 is 0.447 bits per heavy atom. The maximum atomic E-state index is 9.31. The zero-order valence-electron chi connectivity index (χ0n) is 21.4. The van der Waals surface area contributed by atoms with Crippen molar-refractivity contribution >= 4 is 0 Å². The molecule has 0 spiro atoms. The average molecular weight is 495 g/mol. The normalized spacial score (nSPS) is 10.0. The number of hydrogen-bond acceptors (Lipinski definition) is 6. The Labute approximate surface area is 221 Å². The van der Waals surface area contributed by atoms with Crippen LogP contribution in [0, 0.1) is 73.0 Å². The van der Waals surface area contributed by atoms with Gasteiger partial charge in [0, 0.05) is 0 Å². The van der Waals surface area contributed by atoms with Crippen molar-refractivity contribution in [2.45, 2.75) is 27.7 Å². The zero-order chi connectivity index (χ0) is 27.4. The van der Waals surface area contributed by atoms with Gasteiger partial charge in [-0.05, 0) is 122 Å². The highest BCUT2D eigenvalue weighted by molar-refractivity contribution is 5.71. The van der Waals surface area contributed by atoms with Gasteiger partial charge in [0.2, 0.25) is 0 Å². The highest BCUT2D eigenvalue weighted by atomic mass is 16.5. The summed E-state index contributed by atoms with van der Waals surface area (Å²) in [6.07, 6.45) is 0. The van der Waals surface area contributed by atoms with Gasteiger partial charge in [-0.2, -0.15) is 21.0 Å². The fraction of sp³-hybridized carbons (Fsp3) is 0.125. The van der Waals surface area contributed by atoms with Crippen LogP contribution in [0.15, 0.2) is 60.7 Å². The highest BCUT2D eigenvalue weighted by Gasteiger charge is 2.14. The van der Waals surface area contributed by atoms with Gasteiger partial charge >= 0.3 is 0 Å². The minimum atomic E-state index is 0.273. The highest BCUT2D eigenvalue weighted by Crippen LogP contribution is 2.37. The molecule has 0 fully saturated rings. The third-order valence-corrected chi connectivity index (χ3v) is 6.16. The topological polar surface area (TPSA) is 114 Å². The fourth-order valence-corrected chi connectivity index (χ4v) is 4.35. The second kappa shape index (κ2) is 10.6. The van der Waals surface area contributed by atoms with Crippen molar-refractivity contribution in [3.63, 3.8) is 0 Å². The van der Waals surface area contributed by atoms with E-state index in [9.17, 15) is 10.5 Å². The fourth-order valence-electron chi connectivity index (χ4n) is 4.35. The molecule has 0 saturated heterocycles. The number of benzene rings is 4. The van der Waals surface area contributed by atoms with E-state index in [1.807, 2.05) is 76.2 Å². The lowest BCUT2D eigenvalue weighted by atomic mass is 9.96. The summed E-state index contributed by atoms with van der Waals surface area (Å²) in [5, 5.41) is 36.9. The molecule has 0 N–H and O–H groups in total. The molecule has 0 radical (unpaired) electrons. The molecule has 0 amide bonds. The molecule has 0 heterocycles. The standard InChI is InChI=1S/C32H22N4O2/c1-19-9-25(10-20(2)31(19)37-29-7-5-23(15-33)27(13-29)17-35)26-11-21(3)32(22(4)12-26)38-30-8-6-24(16-34)28(14-30)18-36/h5-14H,1-4H3. The summed E-state index contributed by atoms with van der Waals surface area (Å²) in [4.78, 5) is 0. The van der Waals surface area contributed by atoms with Crippen molar-refractivity contribution in [3.05, 3.63) is 105 Å². The smallest absolute Gasteiger partial charge is 0.133 e. The van der Waals surface area contributed by atoms with Gasteiger partial charge in [0.15, 0.2) is 0 Å². The van der Waals surface area contributed by atoms with Crippen molar-refractivity contribution in [1.82, 2.24) is 0 Å². The van der Waals surface area contributed by atoms with E-state index in [-0.39, 0.29) is 11.1 Å². The molecule has 0 aromatic heterocycles. The Bertz CT molecular complexity index is 1580. The SMILES string of the molecule is Cc1cc(-c2cc(C)c(Oc3ccc(C#N)c(C#N)c3)c(C)c2)cc(C)c1Oc1ccc(C#N)c(C#N)c1. The summed E-state index contributed by atoms with van der Waals surface area (Å²) in [5.74, 6) is 2.39. The van der Waals surface area contributed by atoms with Crippen molar-refractivity contribution < 1.29 is 9.47 Å². The van der Waals surface area contributed by atoms with Crippen LogP contribution in [0.3, 0.4) is 0 Å². The minimum Gasteiger partial charge on any atom is -0.457 e. The van der Waals surface area contributed by atoms with E-state index in [1.54, 1.807) is 36.4 Å². The predicted molar refractivity (Wildman–Crippen MR) is 143 cm³/mol. The van der Waals surface area contributed by atoms with Gasteiger partial charge in [0.1, 0.15) is 47.3 Å². The maximum absolute atomic E-state index is 9.31. The number of aryl methyl sites for hydroxylation is 4. The van der Waals surface area contributed by atoms with Crippen LogP contribution in [-0.4, -0.2) is 0 Å². The molecule has 0 unspecified atom stereocenters. The van der Waals surface area contributed by atoms with Crippen molar-refractivity contribution in [2.24, 2.45) is 0 Å². The summed E-state index contributed by atoms with van der Waals surface area (Å²) >= 11 is 0. The molecule has 0 atom stereocenters. The molecule has 0 bridgehead atoms. The molecule has 0 aliphatic carbocycles. The van der Waals surface area contributed by atoms with Crippen LogP contribution >= 0.6 is 0 Å². The lowest BCUT2D eigenvalue weighted by molar-refractivity contribution is 0.474. The van der Waals surface area contributed by atoms with E-state index in [1.165, 1.54) is 0 Å². The first-order valence-corrected chi connectivity index (χ1v) is 11.7. The first-order valence-electron chi connectivity index (χ1n) is 11.7. The molecule has 4 rings (SSSR count). The van der Waals surface area contributed by atoms with E-state index in [0.717, 1.165) is 33.4 Å². The van der Waals surface area contributed by atoms with Crippen LogP contribution in [0.1, 0.15) is 44.5 Å². The van der Waals surface area contributed by atoms with Crippen LogP contribution in [0.5, 0.6) is 23.0 Å². The zero-order valence-corrected chi connectivity index (χ0v) is 21.4. The summed E-state index contributed by atoms with van der Waals surface area (Å²) in [7, 11) is 0. The molecule has 0 aliphatic heterocycles. The molecule has 6 heteroatoms. The Hall–Kier alpha value is -5.56. The molecule has 4 aromatic rings. The molecular formula is C32H22N4O2. The number of hydrogen-bond donors (Lipinski definition) is 0. The van der Waals surface area contributed by atoms with E-state index in [4.69, 9.17) is 20.0 Å². The molecule has 6 nitrogen and oxygen atoms in total. The quantitative estimate of drug-likeness (QED) is 0.281. The Kier molecular flexibility index (Phi) is 7.12. The van der Waals surface area contributed by atoms with Gasteiger partial charge in [-0.15, -0.1) is 0 Å². The minimum absolute atomic E-state index is 0.273. The number of nitrogens with zero attached hydrogens (tertiary/aromatic N) is 4. The van der Waals surface area contributed by atoms with Crippen molar-refractivity contribution in [1.29, 1.82) is 21.0 Å². The molecule has 4 aromatic carbocycles. The molecule has 182 valence electrons. The van der Waals surface area contributed by atoms with Crippen LogP contribution in [0.25, 0.3) is 11.1 Å². The van der Waals surface area contributed by atoms with Gasteiger partial charge in [-0.1, -0.05) is 0 Å². The Morgan fingerprint density at radius 3 is 1.05 bits per heavy atom. The average Bonchev–Trinajstić information content (AvgIpc) is 2.92. The van der Waals surface area contributed by atoms with Gasteiger partial charge in [0.25, 0.3) is 0 Å². The second-order valence-electron chi connectivity index (χ2n) is 8.94. The molecule has 38 heavy (non-hydrogen) atoms. The third-order valence-electron chi connectivity index (χ3n) is 6.16. The van der Waals surface area contributed by atoms with Crippen LogP contribution in [0.2, 0.25) is 0 Å². The number of ether oxygens (including phenoxy) is 2. The lowest BCUT2D eigenvalue weighted by Crippen LogP contribution is -1.96. The van der Waals surface area contributed by atoms with E-state index >= 15 is 0 Å². The maximum Gasteiger partial charge on any atom is 0.133 e. The Morgan fingerprint density at radius 2 is 0.763 bits per heavy atom. The molecule has 0 aliphatic rings. The van der Waals surface area contributed by atoms with E-state index in [0.29, 0.717) is 34.1 Å². The third kappa shape index (κ3) is 5.03. The molecular weight excluding hydrogens is 472 g/mol. The first kappa shape index (κ1) is 25.5. The summed E-state index contributed by atoms with van der Waals surface area (Å²) < 4.78 is 12.2. The number of rotatable bonds is 5. The summed E-state index contributed by atoms with van der Waals surface area (Å²) in [6.45, 7) is 7.87. The first-order chi connectivity index (χ1) is 18.3. The van der Waals surface area contributed by atoms with Gasteiger partial charge in [0.05, 0.1) is 22.3 Å². The second-order valence-corrected chi connectivity index (χ2v) is 8.94. The van der Waals surface area contributed by atoms with Crippen molar-refractivity contribution in [2.75, 3.05) is 0 Å². The van der Waals surface area contributed by atoms with Crippen LogP contribution in [-0.2, 0) is 0 Å². The van der Waals surface area contributed by atoms with Crippen LogP contribution < -0.4 is 9.47 Å². The Balaban J connectivity index is 1.64. The van der Waals surface area contributed by atoms with Gasteiger partial charge < -0.3 is 9.47 Å².